The zero-order valence-electron chi connectivity index (χ0n) is 19.7. The summed E-state index contributed by atoms with van der Waals surface area (Å²) in [6.07, 6.45) is 0.228. The normalized spacial score (nSPS) is 16.2. The van der Waals surface area contributed by atoms with E-state index in [-0.39, 0.29) is 5.92 Å². The molecule has 0 bridgehead atoms. The van der Waals surface area contributed by atoms with Crippen LogP contribution in [0.25, 0.3) is 0 Å². The van der Waals surface area contributed by atoms with Crippen molar-refractivity contribution >= 4 is 7.60 Å². The number of hydrogen-bond donors (Lipinski definition) is 0. The molecule has 0 aliphatic heterocycles. The highest BCUT2D eigenvalue weighted by Gasteiger charge is 2.41. The van der Waals surface area contributed by atoms with Gasteiger partial charge < -0.3 is 14.4 Å². The Morgan fingerprint density at radius 1 is 0.871 bits per heavy atom. The Bertz CT molecular complexity index is 853. The topological polar surface area (TPSA) is 75.7 Å². The van der Waals surface area contributed by atoms with Crippen LogP contribution in [-0.4, -0.2) is 16.4 Å². The van der Waals surface area contributed by atoms with Crippen LogP contribution in [0.15, 0.2) is 60.7 Å². The predicted octanol–water partition coefficient (Wildman–Crippen LogP) is 5.24. The highest BCUT2D eigenvalue weighted by molar-refractivity contribution is 7.49. The largest absolute Gasteiger partial charge is 0.810 e. The lowest BCUT2D eigenvalue weighted by Gasteiger charge is -2.54. The van der Waals surface area contributed by atoms with Gasteiger partial charge in [-0.15, -0.1) is 0 Å². The van der Waals surface area contributed by atoms with Gasteiger partial charge in [0.2, 0.25) is 0 Å². The van der Waals surface area contributed by atoms with Crippen LogP contribution in [0.5, 0.6) is 0 Å². The number of benzene rings is 2. The number of nitrogens with zero attached hydrogens (tertiary/aromatic N) is 1. The van der Waals surface area contributed by atoms with Crippen molar-refractivity contribution < 1.29 is 19.2 Å². The fourth-order valence-corrected chi connectivity index (χ4v) is 5.43. The second-order valence-electron chi connectivity index (χ2n) is 10.3. The van der Waals surface area contributed by atoms with Crippen LogP contribution in [0.1, 0.15) is 78.0 Å². The average molecular weight is 446 g/mol. The maximum absolute atomic E-state index is 12.4. The molecule has 2 aromatic rings. The predicted molar refractivity (Wildman–Crippen MR) is 122 cm³/mol. The Morgan fingerprint density at radius 2 is 1.32 bits per heavy atom. The van der Waals surface area contributed by atoms with Crippen LogP contribution in [0.3, 0.4) is 0 Å². The lowest BCUT2D eigenvalue weighted by atomic mass is 9.92. The van der Waals surface area contributed by atoms with Crippen LogP contribution in [0, 0.1) is 5.41 Å². The van der Waals surface area contributed by atoms with Crippen molar-refractivity contribution in [1.82, 2.24) is 5.06 Å². The summed E-state index contributed by atoms with van der Waals surface area (Å²) in [6, 6.07) is 19.9. The molecule has 31 heavy (non-hydrogen) atoms. The third kappa shape index (κ3) is 7.27. The van der Waals surface area contributed by atoms with Crippen LogP contribution in [0.2, 0.25) is 0 Å². The van der Waals surface area contributed by atoms with Crippen molar-refractivity contribution in [3.8, 4) is 0 Å². The minimum absolute atomic E-state index is 0.174. The summed E-state index contributed by atoms with van der Waals surface area (Å²) in [5, 5.41) is 1.42. The lowest BCUT2D eigenvalue weighted by molar-refractivity contribution is -0.344. The van der Waals surface area contributed by atoms with Gasteiger partial charge in [0.25, 0.3) is 0 Å². The molecule has 0 heterocycles. The van der Waals surface area contributed by atoms with Gasteiger partial charge in [-0.3, -0.25) is 4.84 Å². The molecule has 172 valence electrons. The van der Waals surface area contributed by atoms with E-state index >= 15 is 0 Å². The molecule has 0 N–H and O–H groups in total. The molecule has 2 rings (SSSR count). The molecule has 0 aromatic heterocycles. The van der Waals surface area contributed by atoms with Crippen molar-refractivity contribution in [3.63, 3.8) is 0 Å². The SMILES string of the molecule is CC(CC(ON(C(C(C)(C)C)P(=O)([O-])[O-])C(C)(C)C)c1ccccc1)c1ccccc1. The van der Waals surface area contributed by atoms with E-state index in [9.17, 15) is 14.4 Å². The summed E-state index contributed by atoms with van der Waals surface area (Å²) in [4.78, 5) is 31.2. The molecule has 2 aromatic carbocycles. The van der Waals surface area contributed by atoms with Crippen LogP contribution >= 0.6 is 7.60 Å². The van der Waals surface area contributed by atoms with Crippen molar-refractivity contribution in [3.05, 3.63) is 71.8 Å². The Labute approximate surface area is 187 Å². The lowest BCUT2D eigenvalue weighted by Crippen LogP contribution is -2.56. The molecular formula is C25H36NO4P-2. The molecule has 0 spiro atoms. The highest BCUT2D eigenvalue weighted by atomic mass is 31.2. The zero-order chi connectivity index (χ0) is 23.4. The maximum atomic E-state index is 12.4. The molecule has 0 amide bonds. The summed E-state index contributed by atoms with van der Waals surface area (Å²) in [6.45, 7) is 13.0. The van der Waals surface area contributed by atoms with Crippen LogP contribution < -0.4 is 9.79 Å². The van der Waals surface area contributed by atoms with E-state index in [2.05, 4.69) is 19.1 Å². The first-order valence-corrected chi connectivity index (χ1v) is 12.4. The quantitative estimate of drug-likeness (QED) is 0.410. The van der Waals surface area contributed by atoms with Crippen molar-refractivity contribution in [1.29, 1.82) is 0 Å². The number of rotatable bonds is 8. The summed E-state index contributed by atoms with van der Waals surface area (Å²) in [5.41, 5.74) is 0.600. The van der Waals surface area contributed by atoms with Gasteiger partial charge in [0.05, 0.1) is 5.78 Å². The molecule has 0 saturated carbocycles. The molecule has 0 fully saturated rings. The van der Waals surface area contributed by atoms with E-state index in [1.54, 1.807) is 20.8 Å². The minimum Gasteiger partial charge on any atom is -0.810 e. The fraction of sp³-hybridized carbons (Fsp3) is 0.520. The molecule has 0 aliphatic rings. The van der Waals surface area contributed by atoms with E-state index in [0.717, 1.165) is 5.56 Å². The Balaban J connectivity index is 2.47. The van der Waals surface area contributed by atoms with E-state index in [0.29, 0.717) is 6.42 Å². The second kappa shape index (κ2) is 9.97. The Kier molecular flexibility index (Phi) is 8.29. The average Bonchev–Trinajstić information content (AvgIpc) is 2.65. The monoisotopic (exact) mass is 445 g/mol. The molecule has 0 saturated heterocycles. The van der Waals surface area contributed by atoms with Gasteiger partial charge in [-0.05, 0) is 57.2 Å². The van der Waals surface area contributed by atoms with Crippen molar-refractivity contribution in [2.45, 2.75) is 78.2 Å². The van der Waals surface area contributed by atoms with E-state index in [1.807, 2.05) is 69.3 Å². The van der Waals surface area contributed by atoms with Gasteiger partial charge in [0.15, 0.2) is 0 Å². The van der Waals surface area contributed by atoms with Gasteiger partial charge in [0, 0.05) is 5.54 Å². The third-order valence-electron chi connectivity index (χ3n) is 5.31. The molecule has 3 unspecified atom stereocenters. The third-order valence-corrected chi connectivity index (χ3v) is 6.89. The Morgan fingerprint density at radius 3 is 1.71 bits per heavy atom. The van der Waals surface area contributed by atoms with E-state index < -0.39 is 30.4 Å². The highest BCUT2D eigenvalue weighted by Crippen LogP contribution is 2.49. The van der Waals surface area contributed by atoms with Gasteiger partial charge in [-0.25, -0.2) is 0 Å². The smallest absolute Gasteiger partial charge is 0.105 e. The fourth-order valence-electron chi connectivity index (χ4n) is 3.82. The summed E-state index contributed by atoms with van der Waals surface area (Å²) in [5.74, 6) is -1.13. The first-order chi connectivity index (χ1) is 14.2. The standard InChI is InChI=1S/C25H38NO4P/c1-19(20-14-10-8-11-15-20)18-22(21-16-12-9-13-17-21)30-26(25(5,6)7)23(24(2,3)4)31(27,28)29/h8-17,19,22-23H,18H2,1-7H3,(H2,27,28,29)/p-2. The summed E-state index contributed by atoms with van der Waals surface area (Å²) >= 11 is 0. The van der Waals surface area contributed by atoms with Gasteiger partial charge in [0.1, 0.15) is 6.10 Å². The molecule has 3 atom stereocenters. The van der Waals surface area contributed by atoms with E-state index in [4.69, 9.17) is 4.84 Å². The van der Waals surface area contributed by atoms with Gasteiger partial charge >= 0.3 is 0 Å². The molecule has 5 nitrogen and oxygen atoms in total. The number of hydrogen-bond acceptors (Lipinski definition) is 5. The second-order valence-corrected chi connectivity index (χ2v) is 11.9. The minimum atomic E-state index is -4.99. The number of hydroxylamine groups is 2. The first kappa shape index (κ1) is 25.8. The first-order valence-electron chi connectivity index (χ1n) is 10.8. The molecule has 0 radical (unpaired) electrons. The Hall–Kier alpha value is -1.49. The molecule has 0 aliphatic carbocycles. The van der Waals surface area contributed by atoms with E-state index in [1.165, 1.54) is 10.6 Å². The van der Waals surface area contributed by atoms with Crippen LogP contribution in [0.4, 0.5) is 0 Å². The van der Waals surface area contributed by atoms with Crippen molar-refractivity contribution in [2.75, 3.05) is 0 Å². The van der Waals surface area contributed by atoms with Crippen molar-refractivity contribution in [2.24, 2.45) is 5.41 Å². The molecular weight excluding hydrogens is 409 g/mol. The van der Waals surface area contributed by atoms with Gasteiger partial charge in [-0.2, -0.15) is 5.06 Å². The molecule has 6 heteroatoms. The van der Waals surface area contributed by atoms with Crippen LogP contribution in [-0.2, 0) is 9.40 Å². The van der Waals surface area contributed by atoms with Gasteiger partial charge in [-0.1, -0.05) is 88.4 Å². The maximum Gasteiger partial charge on any atom is 0.105 e. The zero-order valence-corrected chi connectivity index (χ0v) is 20.6. The summed E-state index contributed by atoms with van der Waals surface area (Å²) < 4.78 is 12.4. The summed E-state index contributed by atoms with van der Waals surface area (Å²) in [7, 11) is -4.99.